The van der Waals surface area contributed by atoms with Gasteiger partial charge >= 0.3 is 0 Å². The summed E-state index contributed by atoms with van der Waals surface area (Å²) in [6.07, 6.45) is 1.49. The number of hydrogen-bond donors (Lipinski definition) is 3. The van der Waals surface area contributed by atoms with Crippen LogP contribution < -0.4 is 11.1 Å². The summed E-state index contributed by atoms with van der Waals surface area (Å²) in [5, 5.41) is 16.8. The SMILES string of the molecule is Cc1c(C(=O)Nc2cc(N)cc(Cl)c2)cnn1-c1ccc(O)cc1. The van der Waals surface area contributed by atoms with Gasteiger partial charge in [-0.3, -0.25) is 4.79 Å². The van der Waals surface area contributed by atoms with Gasteiger partial charge in [0.2, 0.25) is 0 Å². The molecule has 0 saturated carbocycles. The van der Waals surface area contributed by atoms with E-state index in [0.717, 1.165) is 5.69 Å². The molecule has 0 spiro atoms. The predicted molar refractivity (Wildman–Crippen MR) is 93.8 cm³/mol. The molecule has 6 nitrogen and oxygen atoms in total. The minimum atomic E-state index is -0.306. The Morgan fingerprint density at radius 1 is 1.25 bits per heavy atom. The van der Waals surface area contributed by atoms with Crippen LogP contribution in [0.25, 0.3) is 5.69 Å². The molecular weight excluding hydrogens is 328 g/mol. The van der Waals surface area contributed by atoms with Crippen LogP contribution in [0.1, 0.15) is 16.1 Å². The molecule has 0 bridgehead atoms. The molecular formula is C17H15ClN4O2. The van der Waals surface area contributed by atoms with Crippen molar-refractivity contribution in [1.29, 1.82) is 0 Å². The van der Waals surface area contributed by atoms with Crippen molar-refractivity contribution >= 4 is 28.9 Å². The summed E-state index contributed by atoms with van der Waals surface area (Å²) < 4.78 is 1.63. The molecule has 1 aromatic heterocycles. The Labute approximate surface area is 143 Å². The Morgan fingerprint density at radius 2 is 1.96 bits per heavy atom. The molecule has 0 fully saturated rings. The molecule has 1 heterocycles. The van der Waals surface area contributed by atoms with E-state index >= 15 is 0 Å². The zero-order valence-electron chi connectivity index (χ0n) is 12.8. The fourth-order valence-electron chi connectivity index (χ4n) is 2.37. The van der Waals surface area contributed by atoms with Crippen molar-refractivity contribution in [2.24, 2.45) is 0 Å². The van der Waals surface area contributed by atoms with Crippen molar-refractivity contribution in [3.05, 3.63) is 64.9 Å². The van der Waals surface area contributed by atoms with Crippen LogP contribution in [-0.2, 0) is 0 Å². The highest BCUT2D eigenvalue weighted by Crippen LogP contribution is 2.22. The first-order valence-corrected chi connectivity index (χ1v) is 7.53. The van der Waals surface area contributed by atoms with Crippen LogP contribution in [0.15, 0.2) is 48.7 Å². The van der Waals surface area contributed by atoms with Crippen molar-refractivity contribution in [3.63, 3.8) is 0 Å². The summed E-state index contributed by atoms with van der Waals surface area (Å²) in [5.41, 5.74) is 8.56. The summed E-state index contributed by atoms with van der Waals surface area (Å²) in [6, 6.07) is 11.4. The first kappa shape index (κ1) is 15.9. The molecule has 122 valence electrons. The molecule has 2 aromatic carbocycles. The molecule has 0 aliphatic rings. The highest BCUT2D eigenvalue weighted by Gasteiger charge is 2.15. The molecule has 7 heteroatoms. The number of aromatic hydroxyl groups is 1. The minimum absolute atomic E-state index is 0.167. The van der Waals surface area contributed by atoms with Crippen LogP contribution in [0.2, 0.25) is 5.02 Å². The minimum Gasteiger partial charge on any atom is -0.508 e. The van der Waals surface area contributed by atoms with Gasteiger partial charge in [0.1, 0.15) is 5.75 Å². The van der Waals surface area contributed by atoms with Gasteiger partial charge in [-0.15, -0.1) is 0 Å². The molecule has 4 N–H and O–H groups in total. The number of nitrogens with two attached hydrogens (primary N) is 1. The number of carbonyl (C=O) groups is 1. The maximum atomic E-state index is 12.5. The van der Waals surface area contributed by atoms with E-state index in [2.05, 4.69) is 10.4 Å². The number of amides is 1. The Morgan fingerprint density at radius 3 is 2.62 bits per heavy atom. The van der Waals surface area contributed by atoms with Crippen LogP contribution in [0.3, 0.4) is 0 Å². The Balaban J connectivity index is 1.87. The lowest BCUT2D eigenvalue weighted by molar-refractivity contribution is 0.102. The predicted octanol–water partition coefficient (Wildman–Crippen LogP) is 3.37. The Kier molecular flexibility index (Phi) is 4.14. The van der Waals surface area contributed by atoms with E-state index in [-0.39, 0.29) is 11.7 Å². The molecule has 0 aliphatic carbocycles. The number of nitrogens with one attached hydrogen (secondary N) is 1. The molecule has 0 unspecified atom stereocenters. The fourth-order valence-corrected chi connectivity index (χ4v) is 2.61. The van der Waals surface area contributed by atoms with Crippen LogP contribution in [0, 0.1) is 6.92 Å². The molecule has 0 atom stereocenters. The van der Waals surface area contributed by atoms with E-state index in [1.54, 1.807) is 54.1 Å². The van der Waals surface area contributed by atoms with E-state index in [1.165, 1.54) is 6.20 Å². The normalized spacial score (nSPS) is 10.6. The van der Waals surface area contributed by atoms with E-state index in [1.807, 2.05) is 0 Å². The number of phenolic OH excluding ortho intramolecular Hbond substituents is 1. The number of carbonyl (C=O) groups excluding carboxylic acids is 1. The molecule has 0 saturated heterocycles. The third-order valence-electron chi connectivity index (χ3n) is 3.53. The van der Waals surface area contributed by atoms with E-state index in [0.29, 0.717) is 27.7 Å². The topological polar surface area (TPSA) is 93.2 Å². The second-order valence-electron chi connectivity index (χ2n) is 5.30. The maximum absolute atomic E-state index is 12.5. The van der Waals surface area contributed by atoms with Gasteiger partial charge in [0.05, 0.1) is 23.1 Å². The molecule has 0 aliphatic heterocycles. The third kappa shape index (κ3) is 3.18. The number of rotatable bonds is 3. The number of hydrogen-bond acceptors (Lipinski definition) is 4. The molecule has 3 aromatic rings. The van der Waals surface area contributed by atoms with Crippen LogP contribution in [0.4, 0.5) is 11.4 Å². The molecule has 24 heavy (non-hydrogen) atoms. The zero-order valence-corrected chi connectivity index (χ0v) is 13.6. The second kappa shape index (κ2) is 6.25. The molecule has 0 radical (unpaired) electrons. The number of nitrogen functional groups attached to an aromatic ring is 1. The summed E-state index contributed by atoms with van der Waals surface area (Å²) in [5.74, 6) is -0.140. The monoisotopic (exact) mass is 342 g/mol. The zero-order chi connectivity index (χ0) is 17.3. The van der Waals surface area contributed by atoms with Crippen LogP contribution in [0.5, 0.6) is 5.75 Å². The van der Waals surface area contributed by atoms with Gasteiger partial charge in [-0.2, -0.15) is 5.10 Å². The maximum Gasteiger partial charge on any atom is 0.259 e. The first-order valence-electron chi connectivity index (χ1n) is 7.15. The fraction of sp³-hybridized carbons (Fsp3) is 0.0588. The van der Waals surface area contributed by atoms with Crippen LogP contribution in [-0.4, -0.2) is 20.8 Å². The van der Waals surface area contributed by atoms with E-state index < -0.39 is 0 Å². The van der Waals surface area contributed by atoms with Crippen LogP contribution >= 0.6 is 11.6 Å². The third-order valence-corrected chi connectivity index (χ3v) is 3.74. The Hall–Kier alpha value is -2.99. The smallest absolute Gasteiger partial charge is 0.259 e. The van der Waals surface area contributed by atoms with E-state index in [4.69, 9.17) is 17.3 Å². The summed E-state index contributed by atoms with van der Waals surface area (Å²) >= 11 is 5.94. The van der Waals surface area contributed by atoms with Crippen molar-refractivity contribution in [1.82, 2.24) is 9.78 Å². The van der Waals surface area contributed by atoms with Gasteiger partial charge < -0.3 is 16.2 Å². The second-order valence-corrected chi connectivity index (χ2v) is 5.74. The van der Waals surface area contributed by atoms with Crippen molar-refractivity contribution in [2.75, 3.05) is 11.1 Å². The summed E-state index contributed by atoms with van der Waals surface area (Å²) in [6.45, 7) is 1.79. The first-order chi connectivity index (χ1) is 11.4. The average molecular weight is 343 g/mol. The lowest BCUT2D eigenvalue weighted by Gasteiger charge is -2.08. The highest BCUT2D eigenvalue weighted by molar-refractivity contribution is 6.31. The van der Waals surface area contributed by atoms with Crippen molar-refractivity contribution in [3.8, 4) is 11.4 Å². The largest absolute Gasteiger partial charge is 0.508 e. The van der Waals surface area contributed by atoms with Gasteiger partial charge in [-0.05, 0) is 49.4 Å². The van der Waals surface area contributed by atoms with Crippen molar-refractivity contribution in [2.45, 2.75) is 6.92 Å². The number of aromatic nitrogens is 2. The number of phenols is 1. The number of halogens is 1. The van der Waals surface area contributed by atoms with Gasteiger partial charge in [-0.1, -0.05) is 11.6 Å². The quantitative estimate of drug-likeness (QED) is 0.636. The standard InChI is InChI=1S/C17H15ClN4O2/c1-10-16(9-20-22(10)14-2-4-15(23)5-3-14)17(24)21-13-7-11(18)6-12(19)8-13/h2-9,23H,19H2,1H3,(H,21,24). The lowest BCUT2D eigenvalue weighted by atomic mass is 10.2. The van der Waals surface area contributed by atoms with E-state index in [9.17, 15) is 9.90 Å². The summed E-state index contributed by atoms with van der Waals surface area (Å²) in [7, 11) is 0. The highest BCUT2D eigenvalue weighted by atomic mass is 35.5. The van der Waals surface area contributed by atoms with Gasteiger partial charge in [0.25, 0.3) is 5.91 Å². The number of benzene rings is 2. The number of anilines is 2. The number of nitrogens with zero attached hydrogens (tertiary/aromatic N) is 2. The lowest BCUT2D eigenvalue weighted by Crippen LogP contribution is -2.13. The van der Waals surface area contributed by atoms with Gasteiger partial charge in [0.15, 0.2) is 0 Å². The van der Waals surface area contributed by atoms with Gasteiger partial charge in [0, 0.05) is 16.4 Å². The van der Waals surface area contributed by atoms with Gasteiger partial charge in [-0.25, -0.2) is 4.68 Å². The van der Waals surface area contributed by atoms with Crippen molar-refractivity contribution < 1.29 is 9.90 Å². The average Bonchev–Trinajstić information content (AvgIpc) is 2.89. The summed E-state index contributed by atoms with van der Waals surface area (Å²) in [4.78, 5) is 12.5. The molecule has 1 amide bonds. The molecule has 3 rings (SSSR count). The Bertz CT molecular complexity index is 883.